The number of nitrogens with zero attached hydrogens (tertiary/aromatic N) is 3. The molecule has 2 aliphatic heterocycles. The zero-order valence-corrected chi connectivity index (χ0v) is 34.4. The number of carbonyl (C=O) groups is 5. The van der Waals surface area contributed by atoms with E-state index in [1.807, 2.05) is 6.07 Å². The monoisotopic (exact) mass is 867 g/mol. The highest BCUT2D eigenvalue weighted by Gasteiger charge is 2.55. The quantitative estimate of drug-likeness (QED) is 0.0418. The maximum absolute atomic E-state index is 13.8. The second kappa shape index (κ2) is 22.4. The average Bonchev–Trinajstić information content (AvgIpc) is 3.30. The molecule has 330 valence electrons. The predicted octanol–water partition coefficient (Wildman–Crippen LogP) is 5.54. The molecule has 4 aromatic rings. The van der Waals surface area contributed by atoms with Crippen molar-refractivity contribution in [1.29, 1.82) is 0 Å². The van der Waals surface area contributed by atoms with Crippen molar-refractivity contribution in [3.05, 3.63) is 154 Å². The first kappa shape index (κ1) is 45.9. The van der Waals surface area contributed by atoms with Gasteiger partial charge in [0.1, 0.15) is 37.1 Å². The van der Waals surface area contributed by atoms with Gasteiger partial charge in [0, 0.05) is 25.9 Å². The summed E-state index contributed by atoms with van der Waals surface area (Å²) < 4.78 is 59.9. The number of rotatable bonds is 17. The summed E-state index contributed by atoms with van der Waals surface area (Å²) in [4.78, 5) is 68.8. The molecule has 6 rings (SSSR count). The number of esters is 5. The van der Waals surface area contributed by atoms with Crippen LogP contribution < -0.4 is 0 Å². The zero-order valence-electron chi connectivity index (χ0n) is 34.4. The smallest absolute Gasteiger partial charge is 0.338 e. The summed E-state index contributed by atoms with van der Waals surface area (Å²) in [6.07, 6.45) is -12.8. The molecule has 2 saturated heterocycles. The van der Waals surface area contributed by atoms with E-state index in [2.05, 4.69) is 10.0 Å². The molecule has 0 N–H and O–H groups in total. The fourth-order valence-electron chi connectivity index (χ4n) is 6.93. The number of azide groups is 1. The lowest BCUT2D eigenvalue weighted by Gasteiger charge is -2.46. The first-order chi connectivity index (χ1) is 30.6. The summed E-state index contributed by atoms with van der Waals surface area (Å²) in [6.45, 7) is 1.37. The average molecular weight is 868 g/mol. The second-order valence-electron chi connectivity index (χ2n) is 14.2. The van der Waals surface area contributed by atoms with Gasteiger partial charge in [0.15, 0.2) is 30.9 Å². The minimum Gasteiger partial charge on any atom is -0.463 e. The molecule has 2 aliphatic rings. The van der Waals surface area contributed by atoms with E-state index in [-0.39, 0.29) is 23.3 Å². The van der Waals surface area contributed by atoms with Crippen LogP contribution in [0.3, 0.4) is 0 Å². The van der Waals surface area contributed by atoms with E-state index in [0.717, 1.165) is 12.5 Å². The highest BCUT2D eigenvalue weighted by atomic mass is 16.7. The minimum absolute atomic E-state index is 0.000397. The molecule has 0 spiro atoms. The molecule has 2 heterocycles. The van der Waals surface area contributed by atoms with Crippen molar-refractivity contribution in [2.75, 3.05) is 20.3 Å². The van der Waals surface area contributed by atoms with Gasteiger partial charge >= 0.3 is 29.8 Å². The fourth-order valence-corrected chi connectivity index (χ4v) is 6.93. The topological polar surface area (TPSA) is 226 Å². The molecular weight excluding hydrogens is 823 g/mol. The highest BCUT2D eigenvalue weighted by Crippen LogP contribution is 2.34. The van der Waals surface area contributed by atoms with E-state index in [0.29, 0.717) is 0 Å². The van der Waals surface area contributed by atoms with Crippen molar-refractivity contribution in [1.82, 2.24) is 0 Å². The molecule has 10 atom stereocenters. The third-order valence-corrected chi connectivity index (χ3v) is 9.84. The summed E-state index contributed by atoms with van der Waals surface area (Å²) in [5.74, 6) is -3.97. The molecule has 0 saturated carbocycles. The van der Waals surface area contributed by atoms with Gasteiger partial charge in [-0.15, -0.1) is 0 Å². The number of hydrogen-bond acceptors (Lipinski definition) is 16. The molecule has 0 bridgehead atoms. The van der Waals surface area contributed by atoms with Crippen LogP contribution in [0.1, 0.15) is 50.5 Å². The maximum atomic E-state index is 13.8. The van der Waals surface area contributed by atoms with E-state index < -0.39 is 104 Å². The van der Waals surface area contributed by atoms with Crippen LogP contribution in [0.15, 0.2) is 126 Å². The molecule has 18 nitrogen and oxygen atoms in total. The third-order valence-electron chi connectivity index (χ3n) is 9.84. The van der Waals surface area contributed by atoms with Gasteiger partial charge in [-0.25, -0.2) is 14.4 Å². The van der Waals surface area contributed by atoms with Gasteiger partial charge in [-0.05, 0) is 47.5 Å². The molecule has 63 heavy (non-hydrogen) atoms. The van der Waals surface area contributed by atoms with Crippen molar-refractivity contribution >= 4 is 29.8 Å². The Kier molecular flexibility index (Phi) is 16.3. The first-order valence-electron chi connectivity index (χ1n) is 19.8. The van der Waals surface area contributed by atoms with Crippen LogP contribution in [-0.4, -0.2) is 112 Å². The summed E-state index contributed by atoms with van der Waals surface area (Å²) in [6, 6.07) is 31.5. The van der Waals surface area contributed by atoms with Crippen LogP contribution in [0.25, 0.3) is 10.4 Å². The number of hydrogen-bond donors (Lipinski definition) is 0. The SMILES string of the molecule is CO[C@H]1O[C@H](CO[C@H]2O[C@H](COC(C)=O)[C@H](OCc3ccccc3)[C@H](OC(C)=O)[C@H]2N=[N+]=[N-])[C@@H](OC(=O)c2ccccc2)[C@H](OC(=O)c2ccccc2)[C@H]1OC(=O)c1ccccc1. The first-order valence-corrected chi connectivity index (χ1v) is 19.8. The number of carbonyl (C=O) groups excluding carboxylic acids is 5. The van der Waals surface area contributed by atoms with E-state index >= 15 is 0 Å². The Morgan fingerprint density at radius 1 is 0.556 bits per heavy atom. The number of methoxy groups -OCH3 is 1. The molecule has 18 heteroatoms. The normalized spacial score (nSPS) is 25.3. The molecule has 0 amide bonds. The molecule has 2 fully saturated rings. The lowest BCUT2D eigenvalue weighted by atomic mass is 9.96. The predicted molar refractivity (Wildman–Crippen MR) is 217 cm³/mol. The van der Waals surface area contributed by atoms with Gasteiger partial charge in [0.05, 0.1) is 29.9 Å². The molecule has 0 aromatic heterocycles. The lowest BCUT2D eigenvalue weighted by Crippen LogP contribution is -2.64. The van der Waals surface area contributed by atoms with Crippen molar-refractivity contribution in [3.63, 3.8) is 0 Å². The van der Waals surface area contributed by atoms with Gasteiger partial charge in [0.2, 0.25) is 0 Å². The Morgan fingerprint density at radius 3 is 1.52 bits per heavy atom. The van der Waals surface area contributed by atoms with Gasteiger partial charge in [-0.1, -0.05) is 90.0 Å². The second-order valence-corrected chi connectivity index (χ2v) is 14.2. The van der Waals surface area contributed by atoms with Crippen LogP contribution in [0.2, 0.25) is 0 Å². The lowest BCUT2D eigenvalue weighted by molar-refractivity contribution is -0.315. The molecular formula is C45H45N3O15. The van der Waals surface area contributed by atoms with E-state index in [4.69, 9.17) is 47.4 Å². The largest absolute Gasteiger partial charge is 0.463 e. The van der Waals surface area contributed by atoms with Crippen molar-refractivity contribution in [2.24, 2.45) is 5.11 Å². The van der Waals surface area contributed by atoms with Crippen LogP contribution >= 0.6 is 0 Å². The van der Waals surface area contributed by atoms with Gasteiger partial charge in [-0.2, -0.15) is 0 Å². The Bertz CT molecular complexity index is 2190. The van der Waals surface area contributed by atoms with Gasteiger partial charge in [0.25, 0.3) is 0 Å². The summed E-state index contributed by atoms with van der Waals surface area (Å²) in [5.41, 5.74) is 10.9. The number of ether oxygens (including phenoxy) is 10. The molecule has 0 aliphatic carbocycles. The summed E-state index contributed by atoms with van der Waals surface area (Å²) in [7, 11) is 1.26. The Labute approximate surface area is 361 Å². The summed E-state index contributed by atoms with van der Waals surface area (Å²) >= 11 is 0. The molecule has 0 unspecified atom stereocenters. The van der Waals surface area contributed by atoms with Crippen LogP contribution in [-0.2, 0) is 63.6 Å². The van der Waals surface area contributed by atoms with E-state index in [9.17, 15) is 29.5 Å². The van der Waals surface area contributed by atoms with Gasteiger partial charge in [-0.3, -0.25) is 9.59 Å². The Balaban J connectivity index is 1.36. The third kappa shape index (κ3) is 12.3. The van der Waals surface area contributed by atoms with Crippen LogP contribution in [0.4, 0.5) is 0 Å². The highest BCUT2D eigenvalue weighted by molar-refractivity contribution is 5.91. The van der Waals surface area contributed by atoms with Crippen LogP contribution in [0.5, 0.6) is 0 Å². The van der Waals surface area contributed by atoms with Gasteiger partial charge < -0.3 is 47.4 Å². The number of benzene rings is 4. The van der Waals surface area contributed by atoms with Crippen molar-refractivity contribution in [2.45, 2.75) is 81.8 Å². The Morgan fingerprint density at radius 2 is 1.03 bits per heavy atom. The summed E-state index contributed by atoms with van der Waals surface area (Å²) in [5, 5.41) is 3.89. The maximum Gasteiger partial charge on any atom is 0.338 e. The minimum atomic E-state index is -1.60. The molecule has 4 aromatic carbocycles. The molecule has 0 radical (unpaired) electrons. The van der Waals surface area contributed by atoms with Crippen molar-refractivity contribution in [3.8, 4) is 0 Å². The fraction of sp³-hybridized carbons (Fsp3) is 0.356. The standard InChI is InChI=1S/C45H45N3O15/c1-27(49)55-25-33-36(56-24-29-16-8-4-9-17-29)38(58-28(2)50)35(47-48-46)44(59-33)57-26-34-37(61-41(51)30-18-10-5-11-19-30)39(62-42(52)31-20-12-6-13-21-31)40(45(54-3)60-34)63-43(53)32-22-14-7-15-23-32/h4-23,33-40,44-45H,24-26H2,1-3H3/t33-,34-,35-,36+,37-,38-,39+,40-,44+,45+/m1/s1. The van der Waals surface area contributed by atoms with Crippen molar-refractivity contribution < 1.29 is 71.3 Å². The van der Waals surface area contributed by atoms with E-state index in [1.165, 1.54) is 50.4 Å². The zero-order chi connectivity index (χ0) is 44.7. The van der Waals surface area contributed by atoms with Crippen LogP contribution in [0, 0.1) is 0 Å². The van der Waals surface area contributed by atoms with E-state index in [1.54, 1.807) is 78.9 Å². The Hall–Kier alpha value is -6.66.